The normalized spacial score (nSPS) is 11.6. The molecule has 0 aromatic carbocycles. The first-order valence-corrected chi connectivity index (χ1v) is 6.42. The molecule has 0 aliphatic carbocycles. The van der Waals surface area contributed by atoms with Gasteiger partial charge in [-0.3, -0.25) is 10.1 Å². The largest absolute Gasteiger partial charge is 0.459 e. The lowest BCUT2D eigenvalue weighted by Gasteiger charge is -2.26. The molecule has 6 nitrogen and oxygen atoms in total. The summed E-state index contributed by atoms with van der Waals surface area (Å²) in [7, 11) is 1.63. The van der Waals surface area contributed by atoms with Gasteiger partial charge in [-0.25, -0.2) is 4.79 Å². The zero-order valence-corrected chi connectivity index (χ0v) is 13.5. The summed E-state index contributed by atoms with van der Waals surface area (Å²) < 4.78 is 10.3. The van der Waals surface area contributed by atoms with Gasteiger partial charge in [0, 0.05) is 7.05 Å². The van der Waals surface area contributed by atoms with Crippen LogP contribution in [0.25, 0.3) is 0 Å². The fraction of sp³-hybridized carbons (Fsp3) is 0.714. The smallest absolute Gasteiger partial charge is 0.413 e. The van der Waals surface area contributed by atoms with E-state index in [-0.39, 0.29) is 12.4 Å². The Morgan fingerprint density at radius 2 is 1.50 bits per heavy atom. The molecule has 116 valence electrons. The average molecular weight is 286 g/mol. The third-order valence-electron chi connectivity index (χ3n) is 1.89. The van der Waals surface area contributed by atoms with Crippen LogP contribution in [-0.2, 0) is 14.3 Å². The van der Waals surface area contributed by atoms with E-state index in [4.69, 9.17) is 9.47 Å². The van der Waals surface area contributed by atoms with Crippen LogP contribution in [-0.4, -0.2) is 41.8 Å². The summed E-state index contributed by atoms with van der Waals surface area (Å²) in [6, 6.07) is 0. The molecule has 0 aliphatic rings. The topological polar surface area (TPSA) is 67.9 Å². The van der Waals surface area contributed by atoms with Crippen LogP contribution in [0, 0.1) is 0 Å². The number of carbonyl (C=O) groups excluding carboxylic acids is 2. The highest BCUT2D eigenvalue weighted by Gasteiger charge is 2.20. The number of carbonyl (C=O) groups is 2. The number of likely N-dealkylation sites (N-methyl/N-ethyl adjacent to an activating group) is 1. The molecular formula is C14H26N2O4. The van der Waals surface area contributed by atoms with E-state index in [1.807, 2.05) is 0 Å². The Balaban J connectivity index is 4.29. The number of nitrogens with one attached hydrogen (secondary N) is 1. The van der Waals surface area contributed by atoms with Gasteiger partial charge < -0.3 is 14.4 Å². The molecule has 0 spiro atoms. The quantitative estimate of drug-likeness (QED) is 0.803. The summed E-state index contributed by atoms with van der Waals surface area (Å²) in [5.41, 5.74) is -1.13. The number of nitrogens with zero attached hydrogens (tertiary/aromatic N) is 1. The van der Waals surface area contributed by atoms with Gasteiger partial charge in [-0.15, -0.1) is 0 Å². The highest BCUT2D eigenvalue weighted by Crippen LogP contribution is 2.09. The lowest BCUT2D eigenvalue weighted by molar-refractivity contribution is -0.155. The summed E-state index contributed by atoms with van der Waals surface area (Å²) in [5, 5.41) is 2.47. The number of esters is 1. The molecule has 1 amide bonds. The van der Waals surface area contributed by atoms with Crippen molar-refractivity contribution in [3.63, 3.8) is 0 Å². The third-order valence-corrected chi connectivity index (χ3v) is 1.89. The van der Waals surface area contributed by atoms with Crippen LogP contribution in [0.15, 0.2) is 12.4 Å². The van der Waals surface area contributed by atoms with E-state index in [2.05, 4.69) is 11.9 Å². The molecule has 0 unspecified atom stereocenters. The molecule has 0 aromatic rings. The Morgan fingerprint density at radius 3 is 1.90 bits per heavy atom. The van der Waals surface area contributed by atoms with Crippen molar-refractivity contribution < 1.29 is 19.1 Å². The SMILES string of the molecule is C=C(NC(=O)OC(C)(C)C)N(C)CC(=O)OC(C)(C)C. The molecule has 0 atom stereocenters. The van der Waals surface area contributed by atoms with E-state index in [9.17, 15) is 9.59 Å². The van der Waals surface area contributed by atoms with Gasteiger partial charge in [-0.05, 0) is 41.5 Å². The second kappa shape index (κ2) is 6.63. The number of ether oxygens (including phenoxy) is 2. The summed E-state index contributed by atoms with van der Waals surface area (Å²) in [6.45, 7) is 14.3. The Labute approximate surface area is 121 Å². The van der Waals surface area contributed by atoms with Crippen LogP contribution in [0.5, 0.6) is 0 Å². The predicted molar refractivity (Wildman–Crippen MR) is 77.0 cm³/mol. The van der Waals surface area contributed by atoms with E-state index in [0.717, 1.165) is 0 Å². The first-order chi connectivity index (χ1) is 8.80. The molecule has 0 aromatic heterocycles. The molecule has 0 saturated carbocycles. The van der Waals surface area contributed by atoms with Crippen molar-refractivity contribution in [2.45, 2.75) is 52.7 Å². The Bertz CT molecular complexity index is 378. The van der Waals surface area contributed by atoms with E-state index < -0.39 is 23.3 Å². The number of rotatable bonds is 4. The van der Waals surface area contributed by atoms with Crippen molar-refractivity contribution >= 4 is 12.1 Å². The first kappa shape index (κ1) is 18.3. The van der Waals surface area contributed by atoms with Gasteiger partial charge in [0.25, 0.3) is 0 Å². The van der Waals surface area contributed by atoms with Crippen molar-refractivity contribution in [2.75, 3.05) is 13.6 Å². The van der Waals surface area contributed by atoms with Crippen LogP contribution >= 0.6 is 0 Å². The lowest BCUT2D eigenvalue weighted by Crippen LogP contribution is -2.39. The molecule has 1 N–H and O–H groups in total. The van der Waals surface area contributed by atoms with Crippen LogP contribution in [0.1, 0.15) is 41.5 Å². The first-order valence-electron chi connectivity index (χ1n) is 6.42. The van der Waals surface area contributed by atoms with E-state index in [0.29, 0.717) is 0 Å². The third kappa shape index (κ3) is 9.24. The highest BCUT2D eigenvalue weighted by atomic mass is 16.6. The van der Waals surface area contributed by atoms with E-state index in [1.54, 1.807) is 48.6 Å². The highest BCUT2D eigenvalue weighted by molar-refractivity contribution is 5.73. The summed E-state index contributed by atoms with van der Waals surface area (Å²) in [4.78, 5) is 24.7. The number of amides is 1. The van der Waals surface area contributed by atoms with Crippen molar-refractivity contribution in [1.82, 2.24) is 10.2 Å². The predicted octanol–water partition coefficient (Wildman–Crippen LogP) is 2.26. The van der Waals surface area contributed by atoms with Crippen LogP contribution < -0.4 is 5.32 Å². The van der Waals surface area contributed by atoms with Crippen LogP contribution in [0.3, 0.4) is 0 Å². The molecule has 0 bridgehead atoms. The van der Waals surface area contributed by atoms with Crippen molar-refractivity contribution in [2.24, 2.45) is 0 Å². The molecule has 0 rings (SSSR count). The maximum Gasteiger partial charge on any atom is 0.413 e. The van der Waals surface area contributed by atoms with Gasteiger partial charge in [0.1, 0.15) is 23.6 Å². The molecule has 20 heavy (non-hydrogen) atoms. The zero-order valence-electron chi connectivity index (χ0n) is 13.5. The standard InChI is InChI=1S/C14H26N2O4/c1-10(15-12(18)20-14(5,6)7)16(8)9-11(17)19-13(2,3)4/h1,9H2,2-8H3,(H,15,18). The zero-order chi connectivity index (χ0) is 16.1. The molecular weight excluding hydrogens is 260 g/mol. The molecule has 0 radical (unpaired) electrons. The number of hydrogen-bond donors (Lipinski definition) is 1. The van der Waals surface area contributed by atoms with Gasteiger partial charge in [0.05, 0.1) is 0 Å². The van der Waals surface area contributed by atoms with Crippen LogP contribution in [0.2, 0.25) is 0 Å². The second-order valence-corrected chi connectivity index (χ2v) is 6.52. The maximum atomic E-state index is 11.6. The summed E-state index contributed by atoms with van der Waals surface area (Å²) in [6.07, 6.45) is -0.612. The minimum absolute atomic E-state index is 0.00803. The average Bonchev–Trinajstić information content (AvgIpc) is 2.10. The van der Waals surface area contributed by atoms with Gasteiger partial charge in [0.2, 0.25) is 0 Å². The Kier molecular flexibility index (Phi) is 6.06. The Morgan fingerprint density at radius 1 is 1.05 bits per heavy atom. The fourth-order valence-corrected chi connectivity index (χ4v) is 1.18. The number of alkyl carbamates (subject to hydrolysis) is 1. The minimum atomic E-state index is -0.612. The molecule has 0 fully saturated rings. The van der Waals surface area contributed by atoms with Gasteiger partial charge in [0.15, 0.2) is 0 Å². The monoisotopic (exact) mass is 286 g/mol. The van der Waals surface area contributed by atoms with Gasteiger partial charge in [-0.1, -0.05) is 6.58 Å². The number of hydrogen-bond acceptors (Lipinski definition) is 5. The second-order valence-electron chi connectivity index (χ2n) is 6.52. The molecule has 0 aliphatic heterocycles. The van der Waals surface area contributed by atoms with Crippen molar-refractivity contribution in [3.8, 4) is 0 Å². The van der Waals surface area contributed by atoms with E-state index in [1.165, 1.54) is 4.90 Å². The van der Waals surface area contributed by atoms with Crippen molar-refractivity contribution in [1.29, 1.82) is 0 Å². The molecule has 6 heteroatoms. The van der Waals surface area contributed by atoms with Crippen LogP contribution in [0.4, 0.5) is 4.79 Å². The summed E-state index contributed by atoms with van der Waals surface area (Å²) >= 11 is 0. The van der Waals surface area contributed by atoms with Gasteiger partial charge >= 0.3 is 12.1 Å². The maximum absolute atomic E-state index is 11.6. The molecule has 0 heterocycles. The van der Waals surface area contributed by atoms with Crippen molar-refractivity contribution in [3.05, 3.63) is 12.4 Å². The molecule has 0 saturated heterocycles. The Hall–Kier alpha value is -1.72. The fourth-order valence-electron chi connectivity index (χ4n) is 1.18. The minimum Gasteiger partial charge on any atom is -0.459 e. The summed E-state index contributed by atoms with van der Waals surface area (Å²) in [5.74, 6) is -0.128. The van der Waals surface area contributed by atoms with E-state index >= 15 is 0 Å². The lowest BCUT2D eigenvalue weighted by atomic mass is 10.2. The van der Waals surface area contributed by atoms with Gasteiger partial charge in [-0.2, -0.15) is 0 Å².